The Hall–Kier alpha value is -4.67. The summed E-state index contributed by atoms with van der Waals surface area (Å²) in [5.41, 5.74) is 8.56. The van der Waals surface area contributed by atoms with E-state index in [9.17, 15) is 18.4 Å². The summed E-state index contributed by atoms with van der Waals surface area (Å²) in [6.45, 7) is 2.47. The maximum atomic E-state index is 13.3. The number of hydrogen-bond acceptors (Lipinski definition) is 6. The van der Waals surface area contributed by atoms with Crippen molar-refractivity contribution < 1.29 is 27.8 Å². The number of rotatable bonds is 5. The van der Waals surface area contributed by atoms with Crippen molar-refractivity contribution in [3.8, 4) is 11.5 Å². The summed E-state index contributed by atoms with van der Waals surface area (Å²) in [5.74, 6) is -0.616. The third-order valence-corrected chi connectivity index (χ3v) is 6.68. The van der Waals surface area contributed by atoms with Gasteiger partial charge in [0, 0.05) is 55.1 Å². The second-order valence-electron chi connectivity index (χ2n) is 9.21. The molecule has 0 aliphatic carbocycles. The smallest absolute Gasteiger partial charge is 0.395 e. The van der Waals surface area contributed by atoms with E-state index in [1.165, 1.54) is 12.1 Å². The standard InChI is InChI=1S/C27H23F2N5O4/c28-27(29)37-22-8-7-20(14-23(22)38-27)32-9-11-33(12-10-32)26(36)18-4-1-3-17(13-18)15-34-16-19-5-2-6-21(25(30)35)24(19)31-34/h1-8,13-14,16H,9-12,15H2,(H2,30,35). The molecule has 3 heterocycles. The molecule has 0 bridgehead atoms. The topological polar surface area (TPSA) is 103 Å². The maximum absolute atomic E-state index is 13.3. The molecule has 38 heavy (non-hydrogen) atoms. The minimum absolute atomic E-state index is 0.00116. The van der Waals surface area contributed by atoms with Crippen LogP contribution in [0.5, 0.6) is 11.5 Å². The molecule has 194 valence electrons. The Morgan fingerprint density at radius 1 is 0.947 bits per heavy atom. The number of fused-ring (bicyclic) bond motifs is 2. The number of benzene rings is 3. The van der Waals surface area contributed by atoms with Crippen molar-refractivity contribution in [3.05, 3.63) is 83.6 Å². The molecular formula is C27H23F2N5O4. The van der Waals surface area contributed by atoms with E-state index < -0.39 is 12.2 Å². The number of ether oxygens (including phenoxy) is 2. The van der Waals surface area contributed by atoms with E-state index in [-0.39, 0.29) is 17.4 Å². The molecule has 1 saturated heterocycles. The third kappa shape index (κ3) is 4.47. The summed E-state index contributed by atoms with van der Waals surface area (Å²) >= 11 is 0. The number of carbonyl (C=O) groups is 2. The Kier molecular flexibility index (Phi) is 5.63. The van der Waals surface area contributed by atoms with Crippen molar-refractivity contribution in [1.29, 1.82) is 0 Å². The predicted octanol–water partition coefficient (Wildman–Crippen LogP) is 3.47. The molecular weight excluding hydrogens is 496 g/mol. The van der Waals surface area contributed by atoms with Crippen LogP contribution in [0.4, 0.5) is 14.5 Å². The summed E-state index contributed by atoms with van der Waals surface area (Å²) in [7, 11) is 0. The highest BCUT2D eigenvalue weighted by Gasteiger charge is 2.43. The second kappa shape index (κ2) is 9.02. The molecule has 2 amide bonds. The minimum Gasteiger partial charge on any atom is -0.395 e. The number of alkyl halides is 2. The van der Waals surface area contributed by atoms with Crippen LogP contribution in [0.25, 0.3) is 10.9 Å². The quantitative estimate of drug-likeness (QED) is 0.433. The third-order valence-electron chi connectivity index (χ3n) is 6.68. The zero-order valence-electron chi connectivity index (χ0n) is 20.1. The van der Waals surface area contributed by atoms with Crippen LogP contribution in [0, 0.1) is 0 Å². The fraction of sp³-hybridized carbons (Fsp3) is 0.222. The van der Waals surface area contributed by atoms with E-state index in [4.69, 9.17) is 5.73 Å². The van der Waals surface area contributed by atoms with Gasteiger partial charge in [-0.2, -0.15) is 5.10 Å². The lowest BCUT2D eigenvalue weighted by molar-refractivity contribution is -0.286. The van der Waals surface area contributed by atoms with Crippen molar-refractivity contribution in [1.82, 2.24) is 14.7 Å². The highest BCUT2D eigenvalue weighted by Crippen LogP contribution is 2.43. The Labute approximate surface area is 215 Å². The van der Waals surface area contributed by atoms with Crippen LogP contribution in [0.1, 0.15) is 26.3 Å². The lowest BCUT2D eigenvalue weighted by atomic mass is 10.1. The number of primary amides is 1. The largest absolute Gasteiger partial charge is 0.586 e. The molecule has 4 aromatic rings. The van der Waals surface area contributed by atoms with Gasteiger partial charge in [-0.05, 0) is 35.9 Å². The van der Waals surface area contributed by atoms with Crippen LogP contribution < -0.4 is 20.1 Å². The number of hydrogen-bond donors (Lipinski definition) is 1. The molecule has 2 N–H and O–H groups in total. The van der Waals surface area contributed by atoms with Gasteiger partial charge < -0.3 is 25.0 Å². The van der Waals surface area contributed by atoms with Gasteiger partial charge in [0.1, 0.15) is 5.52 Å². The van der Waals surface area contributed by atoms with E-state index in [1.807, 2.05) is 35.4 Å². The fourth-order valence-electron chi connectivity index (χ4n) is 4.85. The van der Waals surface area contributed by atoms with Gasteiger partial charge in [-0.15, -0.1) is 8.78 Å². The Bertz CT molecular complexity index is 1560. The van der Waals surface area contributed by atoms with Gasteiger partial charge in [-0.25, -0.2) is 0 Å². The Balaban J connectivity index is 1.12. The fourth-order valence-corrected chi connectivity index (χ4v) is 4.85. The molecule has 1 aromatic heterocycles. The lowest BCUT2D eigenvalue weighted by Crippen LogP contribution is -2.48. The first kappa shape index (κ1) is 23.7. The molecule has 9 nitrogen and oxygen atoms in total. The molecule has 1 fully saturated rings. The number of amides is 2. The first-order valence-electron chi connectivity index (χ1n) is 12.0. The molecule has 0 atom stereocenters. The van der Waals surface area contributed by atoms with Crippen molar-refractivity contribution in [3.63, 3.8) is 0 Å². The van der Waals surface area contributed by atoms with Crippen LogP contribution >= 0.6 is 0 Å². The Morgan fingerprint density at radius 2 is 1.71 bits per heavy atom. The van der Waals surface area contributed by atoms with Gasteiger partial charge in [-0.1, -0.05) is 24.3 Å². The zero-order valence-corrected chi connectivity index (χ0v) is 20.1. The van der Waals surface area contributed by atoms with Crippen LogP contribution in [0.15, 0.2) is 66.9 Å². The number of nitrogens with zero attached hydrogens (tertiary/aromatic N) is 4. The average molecular weight is 520 g/mol. The van der Waals surface area contributed by atoms with Gasteiger partial charge in [-0.3, -0.25) is 14.3 Å². The highest BCUT2D eigenvalue weighted by molar-refractivity contribution is 6.04. The number of carbonyl (C=O) groups excluding carboxylic acids is 2. The molecule has 0 spiro atoms. The van der Waals surface area contributed by atoms with E-state index in [2.05, 4.69) is 14.6 Å². The van der Waals surface area contributed by atoms with E-state index in [1.54, 1.807) is 33.8 Å². The first-order chi connectivity index (χ1) is 18.3. The van der Waals surface area contributed by atoms with Gasteiger partial charge in [0.25, 0.3) is 11.8 Å². The average Bonchev–Trinajstić information content (AvgIpc) is 3.45. The van der Waals surface area contributed by atoms with Crippen molar-refractivity contribution in [2.24, 2.45) is 5.73 Å². The van der Waals surface area contributed by atoms with Gasteiger partial charge in [0.15, 0.2) is 11.5 Å². The molecule has 0 saturated carbocycles. The number of halogens is 2. The second-order valence-corrected chi connectivity index (χ2v) is 9.21. The summed E-state index contributed by atoms with van der Waals surface area (Å²) < 4.78 is 37.4. The van der Waals surface area contributed by atoms with Gasteiger partial charge in [0.2, 0.25) is 0 Å². The van der Waals surface area contributed by atoms with Crippen molar-refractivity contribution in [2.45, 2.75) is 12.8 Å². The number of anilines is 1. The number of nitrogens with two attached hydrogens (primary N) is 1. The molecule has 2 aliphatic heterocycles. The van der Waals surface area contributed by atoms with Crippen molar-refractivity contribution >= 4 is 28.4 Å². The number of aromatic nitrogens is 2. The molecule has 11 heteroatoms. The van der Waals surface area contributed by atoms with Crippen LogP contribution in [0.3, 0.4) is 0 Å². The van der Waals surface area contributed by atoms with Crippen molar-refractivity contribution in [2.75, 3.05) is 31.1 Å². The van der Waals surface area contributed by atoms with Gasteiger partial charge in [0.05, 0.1) is 12.1 Å². The van der Waals surface area contributed by atoms with Crippen LogP contribution in [-0.4, -0.2) is 59.0 Å². The Morgan fingerprint density at radius 3 is 2.50 bits per heavy atom. The van der Waals surface area contributed by atoms with E-state index in [0.29, 0.717) is 49.4 Å². The van der Waals surface area contributed by atoms with Crippen LogP contribution in [0.2, 0.25) is 0 Å². The maximum Gasteiger partial charge on any atom is 0.586 e. The SMILES string of the molecule is NC(=O)c1cccc2cn(Cc3cccc(C(=O)N4CCN(c5ccc6c(c5)OC(F)(F)O6)CC4)c3)nc12. The molecule has 3 aromatic carbocycles. The van der Waals surface area contributed by atoms with E-state index >= 15 is 0 Å². The lowest BCUT2D eigenvalue weighted by Gasteiger charge is -2.36. The number of piperazine rings is 1. The molecule has 0 unspecified atom stereocenters. The normalized spacial score (nSPS) is 16.2. The van der Waals surface area contributed by atoms with Crippen LogP contribution in [-0.2, 0) is 6.54 Å². The van der Waals surface area contributed by atoms with Gasteiger partial charge >= 0.3 is 6.29 Å². The molecule has 0 radical (unpaired) electrons. The summed E-state index contributed by atoms with van der Waals surface area (Å²) in [6, 6.07) is 17.3. The predicted molar refractivity (Wildman–Crippen MR) is 135 cm³/mol. The zero-order chi connectivity index (χ0) is 26.4. The summed E-state index contributed by atoms with van der Waals surface area (Å²) in [6.07, 6.45) is -1.81. The molecule has 2 aliphatic rings. The van der Waals surface area contributed by atoms with E-state index in [0.717, 1.165) is 16.6 Å². The monoisotopic (exact) mass is 519 g/mol. The summed E-state index contributed by atoms with van der Waals surface area (Å²) in [4.78, 5) is 28.8. The molecule has 6 rings (SSSR count). The highest BCUT2D eigenvalue weighted by atomic mass is 19.3. The summed E-state index contributed by atoms with van der Waals surface area (Å²) in [5, 5.41) is 5.32. The first-order valence-corrected chi connectivity index (χ1v) is 12.0. The minimum atomic E-state index is -3.65.